The Kier molecular flexibility index (Phi) is 4.68. The van der Waals surface area contributed by atoms with Gasteiger partial charge in [0.1, 0.15) is 25.1 Å². The summed E-state index contributed by atoms with van der Waals surface area (Å²) in [7, 11) is 1.42. The zero-order chi connectivity index (χ0) is 14.7. The first kappa shape index (κ1) is 14.9. The number of nitrogens with one attached hydrogen (secondary N) is 1. The standard InChI is InChI=1S/C11H16N2O7/c1-18-5-19-9-6(4-14)20-10(8(9)16)13-3-2-7(15)12-11(13)17/h2-3,6,8-10,14,16H,4-5H2,1H3,(H,12,15,17)/t6-,8?,9+,10-/m1/s1. The Balaban J connectivity index is 2.25. The maximum Gasteiger partial charge on any atom is 0.330 e. The lowest BCUT2D eigenvalue weighted by Crippen LogP contribution is -2.39. The summed E-state index contributed by atoms with van der Waals surface area (Å²) < 4.78 is 16.4. The molecule has 20 heavy (non-hydrogen) atoms. The number of aromatic amines is 1. The fraction of sp³-hybridized carbons (Fsp3) is 0.636. The van der Waals surface area contributed by atoms with E-state index < -0.39 is 35.8 Å². The van der Waals surface area contributed by atoms with Crippen LogP contribution in [0.25, 0.3) is 0 Å². The Labute approximate surface area is 113 Å². The number of nitrogens with zero attached hydrogens (tertiary/aromatic N) is 1. The summed E-state index contributed by atoms with van der Waals surface area (Å²) in [5.74, 6) is 0. The minimum atomic E-state index is -1.19. The van der Waals surface area contributed by atoms with Crippen LogP contribution in [0, 0.1) is 0 Å². The molecule has 1 aliphatic rings. The summed E-state index contributed by atoms with van der Waals surface area (Å²) in [5, 5.41) is 19.4. The van der Waals surface area contributed by atoms with Crippen LogP contribution >= 0.6 is 0 Å². The van der Waals surface area contributed by atoms with Crippen molar-refractivity contribution in [3.05, 3.63) is 33.1 Å². The summed E-state index contributed by atoms with van der Waals surface area (Å²) in [5.41, 5.74) is -1.27. The van der Waals surface area contributed by atoms with Gasteiger partial charge in [0.2, 0.25) is 0 Å². The lowest BCUT2D eigenvalue weighted by molar-refractivity contribution is -0.120. The molecule has 2 rings (SSSR count). The average molecular weight is 288 g/mol. The third-order valence-electron chi connectivity index (χ3n) is 2.99. The molecule has 1 unspecified atom stereocenters. The van der Waals surface area contributed by atoms with E-state index in [0.29, 0.717) is 0 Å². The molecule has 1 saturated heterocycles. The highest BCUT2D eigenvalue weighted by Crippen LogP contribution is 2.30. The van der Waals surface area contributed by atoms with Crippen LogP contribution in [-0.4, -0.2) is 58.6 Å². The molecular weight excluding hydrogens is 272 g/mol. The maximum absolute atomic E-state index is 11.7. The lowest BCUT2D eigenvalue weighted by Gasteiger charge is -2.19. The number of aliphatic hydroxyl groups excluding tert-OH is 2. The second kappa shape index (κ2) is 6.29. The number of rotatable bonds is 5. The van der Waals surface area contributed by atoms with E-state index >= 15 is 0 Å². The number of methoxy groups -OCH3 is 1. The summed E-state index contributed by atoms with van der Waals surface area (Å²) in [4.78, 5) is 24.7. The summed E-state index contributed by atoms with van der Waals surface area (Å²) in [6.45, 7) is -0.477. The monoisotopic (exact) mass is 288 g/mol. The van der Waals surface area contributed by atoms with Crippen LogP contribution in [0.2, 0.25) is 0 Å². The molecule has 4 atom stereocenters. The van der Waals surface area contributed by atoms with Crippen molar-refractivity contribution in [2.45, 2.75) is 24.5 Å². The number of ether oxygens (including phenoxy) is 3. The van der Waals surface area contributed by atoms with E-state index in [0.717, 1.165) is 10.6 Å². The molecule has 2 heterocycles. The summed E-state index contributed by atoms with van der Waals surface area (Å²) >= 11 is 0. The third-order valence-corrected chi connectivity index (χ3v) is 2.99. The predicted octanol–water partition coefficient (Wildman–Crippen LogP) is -2.22. The second-order valence-corrected chi connectivity index (χ2v) is 4.29. The van der Waals surface area contributed by atoms with Gasteiger partial charge in [-0.3, -0.25) is 14.3 Å². The molecule has 1 aromatic rings. The number of aliphatic hydroxyl groups is 2. The molecule has 0 radical (unpaired) electrons. The summed E-state index contributed by atoms with van der Waals surface area (Å²) in [6, 6.07) is 1.13. The SMILES string of the molecule is COCO[C@@H]1C(O)[C@H](n2ccc(=O)[nH]c2=O)O[C@@H]1CO. The third kappa shape index (κ3) is 2.81. The fourth-order valence-electron chi connectivity index (χ4n) is 2.08. The van der Waals surface area contributed by atoms with Crippen molar-refractivity contribution in [3.63, 3.8) is 0 Å². The predicted molar refractivity (Wildman–Crippen MR) is 65.1 cm³/mol. The molecule has 9 heteroatoms. The largest absolute Gasteiger partial charge is 0.394 e. The van der Waals surface area contributed by atoms with Crippen LogP contribution in [0.15, 0.2) is 21.9 Å². The first-order chi connectivity index (χ1) is 9.58. The average Bonchev–Trinajstić information content (AvgIpc) is 2.73. The minimum absolute atomic E-state index is 0.0885. The topological polar surface area (TPSA) is 123 Å². The first-order valence-electron chi connectivity index (χ1n) is 5.95. The Hall–Kier alpha value is -1.52. The minimum Gasteiger partial charge on any atom is -0.394 e. The molecule has 9 nitrogen and oxygen atoms in total. The normalized spacial score (nSPS) is 29.8. The molecule has 0 aromatic carbocycles. The molecule has 1 aliphatic heterocycles. The van der Waals surface area contributed by atoms with Crippen molar-refractivity contribution >= 4 is 0 Å². The van der Waals surface area contributed by atoms with Gasteiger partial charge in [0.25, 0.3) is 5.56 Å². The van der Waals surface area contributed by atoms with E-state index in [1.54, 1.807) is 0 Å². The van der Waals surface area contributed by atoms with E-state index in [2.05, 4.69) is 4.98 Å². The van der Waals surface area contributed by atoms with Crippen molar-refractivity contribution in [2.75, 3.05) is 20.5 Å². The number of aromatic nitrogens is 2. The Morgan fingerprint density at radius 2 is 2.25 bits per heavy atom. The zero-order valence-corrected chi connectivity index (χ0v) is 10.8. The highest BCUT2D eigenvalue weighted by molar-refractivity contribution is 4.93. The molecule has 112 valence electrons. The van der Waals surface area contributed by atoms with Crippen molar-refractivity contribution in [1.82, 2.24) is 9.55 Å². The zero-order valence-electron chi connectivity index (χ0n) is 10.8. The number of hydrogen-bond donors (Lipinski definition) is 3. The molecular formula is C11H16N2O7. The van der Waals surface area contributed by atoms with Crippen LogP contribution in [0.5, 0.6) is 0 Å². The fourth-order valence-corrected chi connectivity index (χ4v) is 2.08. The number of H-pyrrole nitrogens is 1. The second-order valence-electron chi connectivity index (χ2n) is 4.29. The van der Waals surface area contributed by atoms with Gasteiger partial charge < -0.3 is 24.4 Å². The van der Waals surface area contributed by atoms with Gasteiger partial charge in [-0.05, 0) is 0 Å². The van der Waals surface area contributed by atoms with E-state index in [9.17, 15) is 19.8 Å². The van der Waals surface area contributed by atoms with Gasteiger partial charge in [0.15, 0.2) is 6.23 Å². The molecule has 1 aromatic heterocycles. The molecule has 0 bridgehead atoms. The quantitative estimate of drug-likeness (QED) is 0.524. The highest BCUT2D eigenvalue weighted by Gasteiger charge is 2.45. The Morgan fingerprint density at radius 1 is 1.50 bits per heavy atom. The maximum atomic E-state index is 11.7. The molecule has 0 aliphatic carbocycles. The molecule has 0 saturated carbocycles. The van der Waals surface area contributed by atoms with Gasteiger partial charge in [-0.1, -0.05) is 0 Å². The van der Waals surface area contributed by atoms with E-state index in [1.165, 1.54) is 13.3 Å². The number of hydrogen-bond acceptors (Lipinski definition) is 7. The van der Waals surface area contributed by atoms with Crippen molar-refractivity contribution in [3.8, 4) is 0 Å². The van der Waals surface area contributed by atoms with Crippen molar-refractivity contribution in [2.24, 2.45) is 0 Å². The Morgan fingerprint density at radius 3 is 2.85 bits per heavy atom. The van der Waals surface area contributed by atoms with Crippen LogP contribution < -0.4 is 11.2 Å². The first-order valence-corrected chi connectivity index (χ1v) is 5.95. The molecule has 0 spiro atoms. The van der Waals surface area contributed by atoms with E-state index in [-0.39, 0.29) is 13.4 Å². The van der Waals surface area contributed by atoms with E-state index in [1.807, 2.05) is 0 Å². The van der Waals surface area contributed by atoms with Gasteiger partial charge in [0, 0.05) is 19.4 Å². The van der Waals surface area contributed by atoms with Crippen molar-refractivity contribution < 1.29 is 24.4 Å². The van der Waals surface area contributed by atoms with Crippen LogP contribution in [0.4, 0.5) is 0 Å². The summed E-state index contributed by atoms with van der Waals surface area (Å²) in [6.07, 6.45) is -2.68. The van der Waals surface area contributed by atoms with Crippen LogP contribution in [-0.2, 0) is 14.2 Å². The molecule has 0 amide bonds. The van der Waals surface area contributed by atoms with Gasteiger partial charge in [-0.25, -0.2) is 4.79 Å². The van der Waals surface area contributed by atoms with Gasteiger partial charge >= 0.3 is 5.69 Å². The van der Waals surface area contributed by atoms with Gasteiger partial charge in [-0.2, -0.15) is 0 Å². The van der Waals surface area contributed by atoms with Gasteiger partial charge in [-0.15, -0.1) is 0 Å². The lowest BCUT2D eigenvalue weighted by atomic mass is 10.1. The highest BCUT2D eigenvalue weighted by atomic mass is 16.7. The molecule has 1 fully saturated rings. The van der Waals surface area contributed by atoms with Gasteiger partial charge in [0.05, 0.1) is 6.61 Å². The Bertz CT molecular complexity index is 554. The van der Waals surface area contributed by atoms with Crippen LogP contribution in [0.1, 0.15) is 6.23 Å². The van der Waals surface area contributed by atoms with Crippen molar-refractivity contribution in [1.29, 1.82) is 0 Å². The smallest absolute Gasteiger partial charge is 0.330 e. The van der Waals surface area contributed by atoms with E-state index in [4.69, 9.17) is 14.2 Å². The molecule has 3 N–H and O–H groups in total. The van der Waals surface area contributed by atoms with Crippen LogP contribution in [0.3, 0.4) is 0 Å².